The van der Waals surface area contributed by atoms with Gasteiger partial charge in [0.1, 0.15) is 6.23 Å². The average Bonchev–Trinajstić information content (AvgIpc) is 2.93. The van der Waals surface area contributed by atoms with Crippen LogP contribution in [0.2, 0.25) is 0 Å². The second-order valence-electron chi connectivity index (χ2n) is 5.55. The maximum atomic E-state index is 5.95. The van der Waals surface area contributed by atoms with E-state index in [1.54, 1.807) is 0 Å². The van der Waals surface area contributed by atoms with E-state index < -0.39 is 0 Å². The van der Waals surface area contributed by atoms with Gasteiger partial charge in [-0.05, 0) is 31.7 Å². The Morgan fingerprint density at radius 1 is 1.33 bits per heavy atom. The van der Waals surface area contributed by atoms with Crippen LogP contribution in [-0.4, -0.2) is 23.8 Å². The standard InChI is InChI=1S/C16H21NO/c1-12(2)10-14-8-9-16-17(14)15(11-18-16)13-6-4-3-5-7-13/h3-7,14-16H,1,8-11H2,2H3/t14-,15+,16+/m0/s1. The topological polar surface area (TPSA) is 12.5 Å². The second kappa shape index (κ2) is 4.87. The van der Waals surface area contributed by atoms with Gasteiger partial charge in [0.15, 0.2) is 0 Å². The highest BCUT2D eigenvalue weighted by atomic mass is 16.5. The Labute approximate surface area is 109 Å². The van der Waals surface area contributed by atoms with Crippen molar-refractivity contribution in [1.82, 2.24) is 4.90 Å². The van der Waals surface area contributed by atoms with Crippen molar-refractivity contribution in [3.05, 3.63) is 48.0 Å². The second-order valence-corrected chi connectivity index (χ2v) is 5.55. The van der Waals surface area contributed by atoms with Crippen LogP contribution in [0, 0.1) is 0 Å². The third-order valence-electron chi connectivity index (χ3n) is 4.08. The van der Waals surface area contributed by atoms with Gasteiger partial charge in [0.05, 0.1) is 12.6 Å². The zero-order chi connectivity index (χ0) is 12.5. The molecule has 0 unspecified atom stereocenters. The van der Waals surface area contributed by atoms with Gasteiger partial charge in [-0.3, -0.25) is 4.90 Å². The molecule has 0 saturated carbocycles. The first-order valence-corrected chi connectivity index (χ1v) is 6.84. The first-order valence-electron chi connectivity index (χ1n) is 6.84. The molecule has 0 aliphatic carbocycles. The lowest BCUT2D eigenvalue weighted by atomic mass is 10.0. The lowest BCUT2D eigenvalue weighted by molar-refractivity contribution is 0.0461. The zero-order valence-electron chi connectivity index (χ0n) is 11.0. The molecule has 0 amide bonds. The fraction of sp³-hybridized carbons (Fsp3) is 0.500. The highest BCUT2D eigenvalue weighted by molar-refractivity contribution is 5.21. The number of hydrogen-bond donors (Lipinski definition) is 0. The minimum Gasteiger partial charge on any atom is -0.361 e. The van der Waals surface area contributed by atoms with Gasteiger partial charge < -0.3 is 4.74 Å². The predicted octanol–water partition coefficient (Wildman–Crippen LogP) is 3.51. The highest BCUT2D eigenvalue weighted by Crippen LogP contribution is 2.41. The van der Waals surface area contributed by atoms with Gasteiger partial charge in [-0.2, -0.15) is 0 Å². The molecule has 1 aromatic rings. The zero-order valence-corrected chi connectivity index (χ0v) is 11.0. The number of rotatable bonds is 3. The number of ether oxygens (including phenoxy) is 1. The summed E-state index contributed by atoms with van der Waals surface area (Å²) in [4.78, 5) is 2.57. The molecule has 1 aromatic carbocycles. The van der Waals surface area contributed by atoms with Crippen LogP contribution in [0.4, 0.5) is 0 Å². The van der Waals surface area contributed by atoms with Crippen LogP contribution in [0.5, 0.6) is 0 Å². The number of benzene rings is 1. The van der Waals surface area contributed by atoms with Crippen LogP contribution in [0.1, 0.15) is 37.8 Å². The Hall–Kier alpha value is -1.12. The Morgan fingerprint density at radius 2 is 2.11 bits per heavy atom. The van der Waals surface area contributed by atoms with Crippen molar-refractivity contribution < 1.29 is 4.74 Å². The van der Waals surface area contributed by atoms with Crippen LogP contribution in [0.25, 0.3) is 0 Å². The van der Waals surface area contributed by atoms with Crippen molar-refractivity contribution in [2.45, 2.75) is 44.5 Å². The van der Waals surface area contributed by atoms with Gasteiger partial charge in [0, 0.05) is 6.04 Å². The van der Waals surface area contributed by atoms with Gasteiger partial charge in [0.25, 0.3) is 0 Å². The predicted molar refractivity (Wildman–Crippen MR) is 73.2 cm³/mol. The molecule has 2 nitrogen and oxygen atoms in total. The largest absolute Gasteiger partial charge is 0.361 e. The van der Waals surface area contributed by atoms with E-state index in [0.29, 0.717) is 18.3 Å². The van der Waals surface area contributed by atoms with Crippen LogP contribution < -0.4 is 0 Å². The molecule has 0 spiro atoms. The molecule has 0 radical (unpaired) electrons. The summed E-state index contributed by atoms with van der Waals surface area (Å²) < 4.78 is 5.95. The van der Waals surface area contributed by atoms with Crippen LogP contribution in [-0.2, 0) is 4.74 Å². The molecule has 2 aliphatic rings. The van der Waals surface area contributed by atoms with Crippen molar-refractivity contribution in [2.24, 2.45) is 0 Å². The molecule has 2 heteroatoms. The average molecular weight is 243 g/mol. The highest BCUT2D eigenvalue weighted by Gasteiger charge is 2.43. The lowest BCUT2D eigenvalue weighted by Gasteiger charge is -2.29. The summed E-state index contributed by atoms with van der Waals surface area (Å²) in [5.41, 5.74) is 2.66. The van der Waals surface area contributed by atoms with E-state index in [-0.39, 0.29) is 0 Å². The van der Waals surface area contributed by atoms with Gasteiger partial charge in [0.2, 0.25) is 0 Å². The molecule has 2 heterocycles. The number of nitrogens with zero attached hydrogens (tertiary/aromatic N) is 1. The summed E-state index contributed by atoms with van der Waals surface area (Å²) in [6.45, 7) is 7.02. The molecule has 3 rings (SSSR count). The van der Waals surface area contributed by atoms with Gasteiger partial charge >= 0.3 is 0 Å². The Balaban J connectivity index is 1.82. The Kier molecular flexibility index (Phi) is 3.23. The quantitative estimate of drug-likeness (QED) is 0.753. The molecule has 0 bridgehead atoms. The first kappa shape index (κ1) is 11.9. The summed E-state index contributed by atoms with van der Waals surface area (Å²) in [7, 11) is 0. The van der Waals surface area contributed by atoms with Crippen molar-refractivity contribution in [3.8, 4) is 0 Å². The molecule has 3 atom stereocenters. The normalized spacial score (nSPS) is 31.5. The SMILES string of the molecule is C=C(C)C[C@@H]1CC[C@H]2OC[C@H](c3ccccc3)N12. The van der Waals surface area contributed by atoms with E-state index in [0.717, 1.165) is 13.0 Å². The molecule has 2 aliphatic heterocycles. The Bertz CT molecular complexity index is 428. The summed E-state index contributed by atoms with van der Waals surface area (Å²) in [5.74, 6) is 0. The van der Waals surface area contributed by atoms with Crippen molar-refractivity contribution in [3.63, 3.8) is 0 Å². The third kappa shape index (κ3) is 2.11. The summed E-state index contributed by atoms with van der Waals surface area (Å²) in [6, 6.07) is 11.8. The number of hydrogen-bond acceptors (Lipinski definition) is 2. The molecular weight excluding hydrogens is 222 g/mol. The minimum absolute atomic E-state index is 0.333. The molecule has 0 N–H and O–H groups in total. The van der Waals surface area contributed by atoms with E-state index in [4.69, 9.17) is 4.74 Å². The summed E-state index contributed by atoms with van der Waals surface area (Å²) in [6.07, 6.45) is 3.84. The number of fused-ring (bicyclic) bond motifs is 1. The van der Waals surface area contributed by atoms with Crippen LogP contribution in [0.3, 0.4) is 0 Å². The van der Waals surface area contributed by atoms with E-state index in [9.17, 15) is 0 Å². The minimum atomic E-state index is 0.333. The molecule has 96 valence electrons. The smallest absolute Gasteiger partial charge is 0.111 e. The van der Waals surface area contributed by atoms with Gasteiger partial charge in [-0.25, -0.2) is 0 Å². The van der Waals surface area contributed by atoms with Crippen LogP contribution in [0.15, 0.2) is 42.5 Å². The summed E-state index contributed by atoms with van der Waals surface area (Å²) >= 11 is 0. The first-order chi connectivity index (χ1) is 8.75. The lowest BCUT2D eigenvalue weighted by Crippen LogP contribution is -2.34. The van der Waals surface area contributed by atoms with Crippen molar-refractivity contribution >= 4 is 0 Å². The third-order valence-corrected chi connectivity index (χ3v) is 4.08. The maximum absolute atomic E-state index is 5.95. The van der Waals surface area contributed by atoms with Gasteiger partial charge in [-0.1, -0.05) is 35.9 Å². The summed E-state index contributed by atoms with van der Waals surface area (Å²) in [5, 5.41) is 0. The molecular formula is C16H21NO. The molecule has 2 saturated heterocycles. The molecule has 18 heavy (non-hydrogen) atoms. The van der Waals surface area contributed by atoms with Crippen molar-refractivity contribution in [2.75, 3.05) is 6.61 Å². The van der Waals surface area contributed by atoms with E-state index in [2.05, 4.69) is 48.7 Å². The Morgan fingerprint density at radius 3 is 2.83 bits per heavy atom. The van der Waals surface area contributed by atoms with E-state index in [1.807, 2.05) is 0 Å². The fourth-order valence-electron chi connectivity index (χ4n) is 3.33. The van der Waals surface area contributed by atoms with Crippen molar-refractivity contribution in [1.29, 1.82) is 0 Å². The maximum Gasteiger partial charge on any atom is 0.111 e. The van der Waals surface area contributed by atoms with Crippen LogP contribution >= 0.6 is 0 Å². The van der Waals surface area contributed by atoms with E-state index in [1.165, 1.54) is 24.0 Å². The van der Waals surface area contributed by atoms with Gasteiger partial charge in [-0.15, -0.1) is 6.58 Å². The molecule has 2 fully saturated rings. The monoisotopic (exact) mass is 243 g/mol. The van der Waals surface area contributed by atoms with E-state index >= 15 is 0 Å². The molecule has 0 aromatic heterocycles. The fourth-order valence-corrected chi connectivity index (χ4v) is 3.33.